The standard InChI is InChI=1S/C15H20Cl2N2O3/c1-11(20)18-14(15(21)22)10-12-2-4-13(5-3-12)19(8-6-16)9-7-17/h2-5,14H,6-10H2,1H3,(H,18,20)(H,21,22)/t14-/m1/s1. The van der Waals surface area contributed by atoms with Gasteiger partial charge in [0.15, 0.2) is 0 Å². The number of carbonyl (C=O) groups excluding carboxylic acids is 1. The summed E-state index contributed by atoms with van der Waals surface area (Å²) in [6, 6.07) is 6.58. The molecule has 1 aromatic carbocycles. The average molecular weight is 347 g/mol. The minimum Gasteiger partial charge on any atom is -0.480 e. The van der Waals surface area contributed by atoms with Crippen LogP contribution in [0.1, 0.15) is 12.5 Å². The number of nitrogens with one attached hydrogen (secondary N) is 1. The number of carboxylic acid groups (broad SMARTS) is 1. The fourth-order valence-corrected chi connectivity index (χ4v) is 2.51. The molecule has 0 heterocycles. The van der Waals surface area contributed by atoms with Gasteiger partial charge in [0.1, 0.15) is 6.04 Å². The zero-order chi connectivity index (χ0) is 16.5. The lowest BCUT2D eigenvalue weighted by atomic mass is 10.1. The average Bonchev–Trinajstić information content (AvgIpc) is 2.46. The Morgan fingerprint density at radius 2 is 1.73 bits per heavy atom. The van der Waals surface area contributed by atoms with E-state index in [-0.39, 0.29) is 12.3 Å². The van der Waals surface area contributed by atoms with Crippen molar-refractivity contribution in [2.75, 3.05) is 29.7 Å². The van der Waals surface area contributed by atoms with Crippen molar-refractivity contribution < 1.29 is 14.7 Å². The molecule has 1 amide bonds. The summed E-state index contributed by atoms with van der Waals surface area (Å²) in [6.45, 7) is 2.68. The second kappa shape index (κ2) is 9.54. The van der Waals surface area contributed by atoms with Crippen molar-refractivity contribution in [2.24, 2.45) is 0 Å². The first-order chi connectivity index (χ1) is 10.5. The number of hydrogen-bond acceptors (Lipinski definition) is 3. The van der Waals surface area contributed by atoms with Gasteiger partial charge >= 0.3 is 5.97 Å². The van der Waals surface area contributed by atoms with Crippen molar-refractivity contribution in [3.63, 3.8) is 0 Å². The Balaban J connectivity index is 2.78. The van der Waals surface area contributed by atoms with Gasteiger partial charge in [0.25, 0.3) is 0 Å². The number of halogens is 2. The van der Waals surface area contributed by atoms with Crippen LogP contribution in [0.15, 0.2) is 24.3 Å². The highest BCUT2D eigenvalue weighted by molar-refractivity contribution is 6.18. The largest absolute Gasteiger partial charge is 0.480 e. The number of carboxylic acids is 1. The van der Waals surface area contributed by atoms with Gasteiger partial charge in [-0.25, -0.2) is 4.79 Å². The molecule has 22 heavy (non-hydrogen) atoms. The molecule has 0 aliphatic heterocycles. The van der Waals surface area contributed by atoms with Gasteiger partial charge in [-0.1, -0.05) is 12.1 Å². The summed E-state index contributed by atoms with van der Waals surface area (Å²) in [5.41, 5.74) is 1.82. The summed E-state index contributed by atoms with van der Waals surface area (Å²) in [5, 5.41) is 11.5. The van der Waals surface area contributed by atoms with E-state index in [1.807, 2.05) is 24.3 Å². The van der Waals surface area contributed by atoms with E-state index >= 15 is 0 Å². The fourth-order valence-electron chi connectivity index (χ4n) is 2.10. The summed E-state index contributed by atoms with van der Waals surface area (Å²) in [6.07, 6.45) is 0.236. The molecule has 1 atom stereocenters. The minimum absolute atomic E-state index is 0.236. The molecule has 0 aliphatic rings. The van der Waals surface area contributed by atoms with Crippen molar-refractivity contribution in [3.05, 3.63) is 29.8 Å². The molecule has 122 valence electrons. The molecular weight excluding hydrogens is 327 g/mol. The Kier molecular flexibility index (Phi) is 8.06. The smallest absolute Gasteiger partial charge is 0.326 e. The van der Waals surface area contributed by atoms with Crippen LogP contribution in [0.2, 0.25) is 0 Å². The molecule has 0 aliphatic carbocycles. The molecule has 0 unspecified atom stereocenters. The van der Waals surface area contributed by atoms with Crippen LogP contribution in [-0.2, 0) is 16.0 Å². The van der Waals surface area contributed by atoms with E-state index in [1.54, 1.807) is 0 Å². The quantitative estimate of drug-likeness (QED) is 0.672. The van der Waals surface area contributed by atoms with Crippen LogP contribution in [0, 0.1) is 0 Å². The van der Waals surface area contributed by atoms with E-state index in [2.05, 4.69) is 10.2 Å². The van der Waals surface area contributed by atoms with Crippen LogP contribution in [-0.4, -0.2) is 47.9 Å². The third-order valence-electron chi connectivity index (χ3n) is 3.13. The lowest BCUT2D eigenvalue weighted by Crippen LogP contribution is -2.41. The second-order valence-corrected chi connectivity index (χ2v) is 5.58. The molecule has 0 saturated heterocycles. The monoisotopic (exact) mass is 346 g/mol. The number of benzene rings is 1. The van der Waals surface area contributed by atoms with E-state index in [9.17, 15) is 9.59 Å². The molecular formula is C15H20Cl2N2O3. The van der Waals surface area contributed by atoms with E-state index in [1.165, 1.54) is 6.92 Å². The van der Waals surface area contributed by atoms with Gasteiger partial charge in [-0.05, 0) is 17.7 Å². The van der Waals surface area contributed by atoms with Crippen molar-refractivity contribution >= 4 is 40.8 Å². The molecule has 0 radical (unpaired) electrons. The molecule has 0 fully saturated rings. The summed E-state index contributed by atoms with van der Waals surface area (Å²) >= 11 is 11.6. The van der Waals surface area contributed by atoms with Crippen molar-refractivity contribution in [2.45, 2.75) is 19.4 Å². The predicted molar refractivity (Wildman–Crippen MR) is 89.0 cm³/mol. The Morgan fingerprint density at radius 3 is 2.14 bits per heavy atom. The van der Waals surface area contributed by atoms with Gasteiger partial charge in [0.2, 0.25) is 5.91 Å². The van der Waals surface area contributed by atoms with Crippen LogP contribution in [0.5, 0.6) is 0 Å². The van der Waals surface area contributed by atoms with Crippen molar-refractivity contribution in [1.29, 1.82) is 0 Å². The van der Waals surface area contributed by atoms with Crippen LogP contribution in [0.3, 0.4) is 0 Å². The zero-order valence-corrected chi connectivity index (χ0v) is 13.9. The van der Waals surface area contributed by atoms with Gasteiger partial charge in [0, 0.05) is 43.9 Å². The van der Waals surface area contributed by atoms with Crippen LogP contribution < -0.4 is 10.2 Å². The highest BCUT2D eigenvalue weighted by atomic mass is 35.5. The Hall–Kier alpha value is -1.46. The number of nitrogens with zero attached hydrogens (tertiary/aromatic N) is 1. The predicted octanol–water partition coefficient (Wildman–Crippen LogP) is 2.10. The maximum atomic E-state index is 11.1. The van der Waals surface area contributed by atoms with Gasteiger partial charge in [-0.2, -0.15) is 0 Å². The molecule has 0 aromatic heterocycles. The number of amides is 1. The van der Waals surface area contributed by atoms with Gasteiger partial charge in [0.05, 0.1) is 0 Å². The second-order valence-electron chi connectivity index (χ2n) is 4.83. The highest BCUT2D eigenvalue weighted by Crippen LogP contribution is 2.16. The first-order valence-electron chi connectivity index (χ1n) is 6.93. The third kappa shape index (κ3) is 6.12. The van der Waals surface area contributed by atoms with E-state index < -0.39 is 12.0 Å². The number of hydrogen-bond donors (Lipinski definition) is 2. The van der Waals surface area contributed by atoms with E-state index in [0.717, 1.165) is 11.3 Å². The zero-order valence-electron chi connectivity index (χ0n) is 12.4. The fraction of sp³-hybridized carbons (Fsp3) is 0.467. The van der Waals surface area contributed by atoms with Gasteiger partial charge in [-0.3, -0.25) is 4.79 Å². The lowest BCUT2D eigenvalue weighted by Gasteiger charge is -2.23. The minimum atomic E-state index is -1.05. The molecule has 0 spiro atoms. The number of aliphatic carboxylic acids is 1. The first kappa shape index (κ1) is 18.6. The normalized spacial score (nSPS) is 11.8. The molecule has 0 saturated carbocycles. The number of rotatable bonds is 9. The Labute approximate surface area is 140 Å². The highest BCUT2D eigenvalue weighted by Gasteiger charge is 2.18. The molecule has 1 aromatic rings. The first-order valence-corrected chi connectivity index (χ1v) is 8.00. The third-order valence-corrected chi connectivity index (χ3v) is 3.46. The number of anilines is 1. The van der Waals surface area contributed by atoms with Crippen LogP contribution >= 0.6 is 23.2 Å². The van der Waals surface area contributed by atoms with Crippen LogP contribution in [0.25, 0.3) is 0 Å². The molecule has 2 N–H and O–H groups in total. The number of carbonyl (C=O) groups is 2. The molecule has 5 nitrogen and oxygen atoms in total. The molecule has 7 heteroatoms. The number of alkyl halides is 2. The Bertz CT molecular complexity index is 488. The summed E-state index contributed by atoms with van der Waals surface area (Å²) in [5.74, 6) is -0.408. The topological polar surface area (TPSA) is 69.6 Å². The van der Waals surface area contributed by atoms with Crippen molar-refractivity contribution in [1.82, 2.24) is 5.32 Å². The summed E-state index contributed by atoms with van der Waals surface area (Å²) in [4.78, 5) is 24.2. The molecule has 1 rings (SSSR count). The lowest BCUT2D eigenvalue weighted by molar-refractivity contribution is -0.141. The van der Waals surface area contributed by atoms with Gasteiger partial charge in [-0.15, -0.1) is 23.2 Å². The van der Waals surface area contributed by atoms with Crippen LogP contribution in [0.4, 0.5) is 5.69 Å². The maximum absolute atomic E-state index is 11.1. The van der Waals surface area contributed by atoms with E-state index in [4.69, 9.17) is 28.3 Å². The maximum Gasteiger partial charge on any atom is 0.326 e. The SMILES string of the molecule is CC(=O)N[C@H](Cc1ccc(N(CCCl)CCCl)cc1)C(=O)O. The van der Waals surface area contributed by atoms with Crippen molar-refractivity contribution in [3.8, 4) is 0 Å². The summed E-state index contributed by atoms with van der Waals surface area (Å²) < 4.78 is 0. The summed E-state index contributed by atoms with van der Waals surface area (Å²) in [7, 11) is 0. The molecule has 0 bridgehead atoms. The van der Waals surface area contributed by atoms with E-state index in [0.29, 0.717) is 24.8 Å². The Morgan fingerprint density at radius 1 is 1.18 bits per heavy atom. The van der Waals surface area contributed by atoms with Gasteiger partial charge < -0.3 is 15.3 Å².